The molecule has 0 aromatic rings. The zero-order valence-corrected chi connectivity index (χ0v) is 21.3. The van der Waals surface area contributed by atoms with Crippen molar-refractivity contribution in [2.75, 3.05) is 46.5 Å². The Hall–Kier alpha value is -0.770. The van der Waals surface area contributed by atoms with Gasteiger partial charge in [-0.05, 0) is 63.8 Å². The predicted octanol–water partition coefficient (Wildman–Crippen LogP) is 1.30. The molecule has 5 fully saturated rings. The summed E-state index contributed by atoms with van der Waals surface area (Å²) in [4.78, 5) is 17.0. The Bertz CT molecular complexity index is 675. The fraction of sp³-hybridized carbons (Fsp3) is 0.962. The Labute approximate surface area is 205 Å². The monoisotopic (exact) mass is 477 g/mol. The summed E-state index contributed by atoms with van der Waals surface area (Å²) in [5, 5.41) is 11.7. The van der Waals surface area contributed by atoms with E-state index in [1.54, 1.807) is 6.92 Å². The molecule has 0 aromatic carbocycles. The molecule has 0 aromatic heterocycles. The maximum atomic E-state index is 12.3. The van der Waals surface area contributed by atoms with Crippen LogP contribution in [-0.2, 0) is 14.3 Å². The molecule has 8 atom stereocenters. The number of hydrogen-bond donors (Lipinski definition) is 3. The Morgan fingerprint density at radius 3 is 2.62 bits per heavy atom. The molecule has 8 unspecified atom stereocenters. The largest absolute Gasteiger partial charge is 0.380 e. The molecule has 5 aliphatic rings. The van der Waals surface area contributed by atoms with Gasteiger partial charge >= 0.3 is 0 Å². The van der Waals surface area contributed by atoms with Crippen molar-refractivity contribution in [2.24, 2.45) is 5.92 Å². The van der Waals surface area contributed by atoms with Crippen LogP contribution >= 0.6 is 0 Å². The average Bonchev–Trinajstić information content (AvgIpc) is 3.31. The third-order valence-corrected chi connectivity index (χ3v) is 9.39. The van der Waals surface area contributed by atoms with E-state index < -0.39 is 0 Å². The highest BCUT2D eigenvalue weighted by Crippen LogP contribution is 2.37. The number of carbonyl (C=O) groups is 1. The Morgan fingerprint density at radius 1 is 0.971 bits per heavy atom. The number of piperidine rings is 1. The maximum Gasteiger partial charge on any atom is 0.219 e. The third-order valence-electron chi connectivity index (χ3n) is 9.39. The minimum atomic E-state index is 0.254. The van der Waals surface area contributed by atoms with E-state index in [4.69, 9.17) is 9.47 Å². The van der Waals surface area contributed by atoms with Crippen molar-refractivity contribution in [1.82, 2.24) is 25.8 Å². The van der Waals surface area contributed by atoms with E-state index in [9.17, 15) is 4.79 Å². The highest BCUT2D eigenvalue weighted by Gasteiger charge is 2.44. The van der Waals surface area contributed by atoms with Crippen LogP contribution in [0.1, 0.15) is 64.7 Å². The minimum absolute atomic E-state index is 0.254. The maximum absolute atomic E-state index is 12.3. The van der Waals surface area contributed by atoms with Crippen LogP contribution in [0.3, 0.4) is 0 Å². The number of rotatable bonds is 6. The van der Waals surface area contributed by atoms with Crippen molar-refractivity contribution in [3.05, 3.63) is 0 Å². The molecule has 2 aliphatic carbocycles. The van der Waals surface area contributed by atoms with Crippen LogP contribution in [0.25, 0.3) is 0 Å². The minimum Gasteiger partial charge on any atom is -0.380 e. The number of ether oxygens (including phenoxy) is 2. The number of carbonyl (C=O) groups excluding carboxylic acids is 1. The van der Waals surface area contributed by atoms with Gasteiger partial charge in [-0.2, -0.15) is 0 Å². The Morgan fingerprint density at radius 2 is 1.82 bits per heavy atom. The summed E-state index contributed by atoms with van der Waals surface area (Å²) in [6, 6.07) is 2.38. The van der Waals surface area contributed by atoms with Gasteiger partial charge in [0.05, 0.1) is 25.5 Å². The van der Waals surface area contributed by atoms with Crippen LogP contribution in [0.15, 0.2) is 0 Å². The number of hydrogen-bond acceptors (Lipinski definition) is 7. The lowest BCUT2D eigenvalue weighted by Crippen LogP contribution is -2.62. The number of amides is 1. The fourth-order valence-electron chi connectivity index (χ4n) is 7.65. The van der Waals surface area contributed by atoms with Crippen LogP contribution in [0, 0.1) is 5.92 Å². The van der Waals surface area contributed by atoms with Crippen LogP contribution in [0.4, 0.5) is 0 Å². The lowest BCUT2D eigenvalue weighted by atomic mass is 9.80. The molecule has 0 bridgehead atoms. The first-order valence-corrected chi connectivity index (χ1v) is 14.0. The molecule has 34 heavy (non-hydrogen) atoms. The van der Waals surface area contributed by atoms with Crippen LogP contribution in [0.2, 0.25) is 0 Å². The average molecular weight is 478 g/mol. The van der Waals surface area contributed by atoms with E-state index in [2.05, 4.69) is 25.8 Å². The molecule has 3 aliphatic heterocycles. The second kappa shape index (κ2) is 11.5. The van der Waals surface area contributed by atoms with Crippen molar-refractivity contribution in [2.45, 2.75) is 107 Å². The first kappa shape index (κ1) is 24.9. The number of likely N-dealkylation sites (tertiary alicyclic amines) is 1. The number of methoxy groups -OCH3 is 1. The predicted molar refractivity (Wildman–Crippen MR) is 133 cm³/mol. The number of morpholine rings is 1. The zero-order chi connectivity index (χ0) is 23.5. The van der Waals surface area contributed by atoms with Gasteiger partial charge in [-0.25, -0.2) is 0 Å². The molecule has 5 rings (SSSR count). The standard InChI is InChI=1S/C26H47N5O3/c1-18(32)31-11-9-19-4-3-5-23(26(19)31)28-20-8-10-27-25(16-20)29-22-7-6-21(17-24(22)33-2)30-12-14-34-15-13-30/h19-29H,3-17H2,1-2H3. The van der Waals surface area contributed by atoms with Crippen molar-refractivity contribution in [3.63, 3.8) is 0 Å². The van der Waals surface area contributed by atoms with Gasteiger partial charge in [0.25, 0.3) is 0 Å². The van der Waals surface area contributed by atoms with Crippen molar-refractivity contribution in [1.29, 1.82) is 0 Å². The Kier molecular flexibility index (Phi) is 8.44. The van der Waals surface area contributed by atoms with E-state index in [1.807, 2.05) is 7.11 Å². The van der Waals surface area contributed by atoms with Gasteiger partial charge in [0.1, 0.15) is 0 Å². The summed E-state index contributed by atoms with van der Waals surface area (Å²) in [6.07, 6.45) is 11.3. The normalized spacial score (nSPS) is 41.9. The lowest BCUT2D eigenvalue weighted by Gasteiger charge is -2.45. The first-order chi connectivity index (χ1) is 16.6. The van der Waals surface area contributed by atoms with Gasteiger partial charge in [-0.15, -0.1) is 0 Å². The molecule has 194 valence electrons. The van der Waals surface area contributed by atoms with Crippen LogP contribution in [-0.4, -0.2) is 105 Å². The van der Waals surface area contributed by atoms with Gasteiger partial charge in [0, 0.05) is 63.9 Å². The highest BCUT2D eigenvalue weighted by atomic mass is 16.5. The van der Waals surface area contributed by atoms with Gasteiger partial charge in [-0.1, -0.05) is 6.42 Å². The molecule has 1 amide bonds. The summed E-state index contributed by atoms with van der Waals surface area (Å²) in [5.41, 5.74) is 0. The zero-order valence-electron chi connectivity index (χ0n) is 21.3. The smallest absolute Gasteiger partial charge is 0.219 e. The molecule has 3 N–H and O–H groups in total. The second-order valence-electron chi connectivity index (χ2n) is 11.3. The fourth-order valence-corrected chi connectivity index (χ4v) is 7.65. The highest BCUT2D eigenvalue weighted by molar-refractivity contribution is 5.74. The Balaban J connectivity index is 1.14. The van der Waals surface area contributed by atoms with E-state index in [0.29, 0.717) is 42.3 Å². The van der Waals surface area contributed by atoms with E-state index in [-0.39, 0.29) is 12.0 Å². The molecule has 0 radical (unpaired) electrons. The second-order valence-corrected chi connectivity index (χ2v) is 11.3. The molecule has 2 saturated carbocycles. The van der Waals surface area contributed by atoms with Crippen molar-refractivity contribution >= 4 is 5.91 Å². The van der Waals surface area contributed by atoms with Gasteiger partial charge in [0.2, 0.25) is 5.91 Å². The molecule has 3 heterocycles. The number of nitrogens with zero attached hydrogens (tertiary/aromatic N) is 2. The summed E-state index contributed by atoms with van der Waals surface area (Å²) in [5.74, 6) is 0.944. The van der Waals surface area contributed by atoms with Crippen LogP contribution in [0.5, 0.6) is 0 Å². The first-order valence-electron chi connectivity index (χ1n) is 14.0. The van der Waals surface area contributed by atoms with Gasteiger partial charge in [0.15, 0.2) is 0 Å². The molecule has 8 nitrogen and oxygen atoms in total. The molecular weight excluding hydrogens is 430 g/mol. The molecule has 3 saturated heterocycles. The summed E-state index contributed by atoms with van der Waals surface area (Å²) >= 11 is 0. The molecule has 0 spiro atoms. The summed E-state index contributed by atoms with van der Waals surface area (Å²) < 4.78 is 11.5. The summed E-state index contributed by atoms with van der Waals surface area (Å²) in [7, 11) is 1.88. The molecular formula is C26H47N5O3. The lowest BCUT2D eigenvalue weighted by molar-refractivity contribution is -0.131. The SMILES string of the molecule is COC1CC(N2CCOCC2)CCC1NC1CC(NC2CCCC3CCN(C(C)=O)C32)CCN1. The van der Waals surface area contributed by atoms with Gasteiger partial charge < -0.3 is 25.0 Å². The van der Waals surface area contributed by atoms with Crippen LogP contribution < -0.4 is 16.0 Å². The van der Waals surface area contributed by atoms with Crippen molar-refractivity contribution in [3.8, 4) is 0 Å². The van der Waals surface area contributed by atoms with Crippen molar-refractivity contribution < 1.29 is 14.3 Å². The quantitative estimate of drug-likeness (QED) is 0.532. The summed E-state index contributed by atoms with van der Waals surface area (Å²) in [6.45, 7) is 7.57. The van der Waals surface area contributed by atoms with E-state index in [1.165, 1.54) is 32.1 Å². The third kappa shape index (κ3) is 5.62. The number of fused-ring (bicyclic) bond motifs is 1. The molecule has 8 heteroatoms. The topological polar surface area (TPSA) is 78.1 Å². The number of nitrogens with one attached hydrogen (secondary N) is 3. The van der Waals surface area contributed by atoms with E-state index in [0.717, 1.165) is 65.1 Å². The van der Waals surface area contributed by atoms with E-state index >= 15 is 0 Å². The van der Waals surface area contributed by atoms with Gasteiger partial charge in [-0.3, -0.25) is 15.0 Å².